The van der Waals surface area contributed by atoms with Crippen molar-refractivity contribution in [2.75, 3.05) is 25.4 Å². The number of thioether (sulfide) groups is 1. The highest BCUT2D eigenvalue weighted by molar-refractivity contribution is 7.99. The van der Waals surface area contributed by atoms with Crippen molar-refractivity contribution >= 4 is 17.7 Å². The SMILES string of the molecule is CCN(CC)CC(=O)N1Cc2ccccc2SCC1Cc1ccccc1. The van der Waals surface area contributed by atoms with Gasteiger partial charge in [-0.1, -0.05) is 62.4 Å². The second-order valence-electron chi connectivity index (χ2n) is 6.75. The molecule has 1 atom stereocenters. The van der Waals surface area contributed by atoms with Crippen molar-refractivity contribution < 1.29 is 4.79 Å². The van der Waals surface area contributed by atoms with Crippen LogP contribution < -0.4 is 0 Å². The molecule has 1 amide bonds. The Kier molecular flexibility index (Phi) is 6.75. The Morgan fingerprint density at radius 3 is 2.50 bits per heavy atom. The van der Waals surface area contributed by atoms with E-state index < -0.39 is 0 Å². The van der Waals surface area contributed by atoms with Gasteiger partial charge in [0, 0.05) is 23.2 Å². The van der Waals surface area contributed by atoms with E-state index in [0.29, 0.717) is 13.1 Å². The number of nitrogens with zero attached hydrogens (tertiary/aromatic N) is 2. The number of fused-ring (bicyclic) bond motifs is 1. The number of rotatable bonds is 6. The average Bonchev–Trinajstić information content (AvgIpc) is 2.86. The van der Waals surface area contributed by atoms with Crippen LogP contribution in [0.1, 0.15) is 25.0 Å². The average molecular weight is 369 g/mol. The number of amides is 1. The molecule has 0 saturated carbocycles. The maximum Gasteiger partial charge on any atom is 0.237 e. The Morgan fingerprint density at radius 1 is 1.08 bits per heavy atom. The lowest BCUT2D eigenvalue weighted by molar-refractivity contribution is -0.135. The summed E-state index contributed by atoms with van der Waals surface area (Å²) in [5.41, 5.74) is 2.56. The van der Waals surface area contributed by atoms with Crippen molar-refractivity contribution in [1.82, 2.24) is 9.80 Å². The van der Waals surface area contributed by atoms with Gasteiger partial charge in [-0.05, 0) is 36.7 Å². The quantitative estimate of drug-likeness (QED) is 0.768. The summed E-state index contributed by atoms with van der Waals surface area (Å²) in [7, 11) is 0. The van der Waals surface area contributed by atoms with Gasteiger partial charge in [0.05, 0.1) is 6.54 Å². The summed E-state index contributed by atoms with van der Waals surface area (Å²) < 4.78 is 0. The molecule has 0 bridgehead atoms. The summed E-state index contributed by atoms with van der Waals surface area (Å²) in [6.45, 7) is 7.26. The molecule has 0 N–H and O–H groups in total. The normalized spacial score (nSPS) is 17.0. The van der Waals surface area contributed by atoms with Gasteiger partial charge in [0.1, 0.15) is 0 Å². The molecule has 0 fully saturated rings. The van der Waals surface area contributed by atoms with Gasteiger partial charge < -0.3 is 4.90 Å². The Morgan fingerprint density at radius 2 is 1.77 bits per heavy atom. The maximum absolute atomic E-state index is 13.2. The van der Waals surface area contributed by atoms with Crippen LogP contribution in [0, 0.1) is 0 Å². The van der Waals surface area contributed by atoms with Gasteiger partial charge in [0.15, 0.2) is 0 Å². The van der Waals surface area contributed by atoms with E-state index in [9.17, 15) is 4.79 Å². The number of hydrogen-bond donors (Lipinski definition) is 0. The summed E-state index contributed by atoms with van der Waals surface area (Å²) in [5.74, 6) is 1.18. The molecule has 0 radical (unpaired) electrons. The molecule has 1 aliphatic heterocycles. The van der Waals surface area contributed by atoms with E-state index in [2.05, 4.69) is 72.2 Å². The number of benzene rings is 2. The van der Waals surface area contributed by atoms with Gasteiger partial charge in [-0.25, -0.2) is 0 Å². The lowest BCUT2D eigenvalue weighted by Crippen LogP contribution is -2.46. The predicted octanol–water partition coefficient (Wildman–Crippen LogP) is 4.07. The lowest BCUT2D eigenvalue weighted by Gasteiger charge is -2.32. The van der Waals surface area contributed by atoms with Crippen molar-refractivity contribution in [3.05, 3.63) is 65.7 Å². The molecule has 1 heterocycles. The Hall–Kier alpha value is -1.78. The molecule has 26 heavy (non-hydrogen) atoms. The first-order chi connectivity index (χ1) is 12.7. The van der Waals surface area contributed by atoms with Crippen molar-refractivity contribution in [1.29, 1.82) is 0 Å². The molecule has 0 spiro atoms. The lowest BCUT2D eigenvalue weighted by atomic mass is 10.0. The Balaban J connectivity index is 1.84. The Labute approximate surface area is 161 Å². The third kappa shape index (κ3) is 4.68. The topological polar surface area (TPSA) is 23.6 Å². The first-order valence-corrected chi connectivity index (χ1v) is 10.5. The van der Waals surface area contributed by atoms with E-state index in [1.165, 1.54) is 16.0 Å². The molecule has 1 unspecified atom stereocenters. The van der Waals surface area contributed by atoms with Crippen molar-refractivity contribution in [3.8, 4) is 0 Å². The molecule has 2 aromatic rings. The van der Waals surface area contributed by atoms with Gasteiger partial charge in [0.25, 0.3) is 0 Å². The van der Waals surface area contributed by atoms with Crippen LogP contribution in [-0.4, -0.2) is 47.1 Å². The molecule has 4 heteroatoms. The standard InChI is InChI=1S/C22H28N2OS/c1-3-23(4-2)16-22(25)24-15-19-12-8-9-13-21(19)26-17-20(24)14-18-10-6-5-7-11-18/h5-13,20H,3-4,14-17H2,1-2H3. The fraction of sp³-hybridized carbons (Fsp3) is 0.409. The molecule has 0 saturated heterocycles. The summed E-state index contributed by atoms with van der Waals surface area (Å²) in [5, 5.41) is 0. The van der Waals surface area contributed by atoms with Crippen molar-refractivity contribution in [2.24, 2.45) is 0 Å². The number of likely N-dealkylation sites (N-methyl/N-ethyl adjacent to an activating group) is 1. The highest BCUT2D eigenvalue weighted by Gasteiger charge is 2.28. The third-order valence-electron chi connectivity index (χ3n) is 5.07. The summed E-state index contributed by atoms with van der Waals surface area (Å²) in [6, 6.07) is 19.2. The van der Waals surface area contributed by atoms with E-state index in [1.807, 2.05) is 17.8 Å². The minimum absolute atomic E-state index is 0.220. The van der Waals surface area contributed by atoms with Gasteiger partial charge in [0.2, 0.25) is 5.91 Å². The minimum atomic E-state index is 0.220. The fourth-order valence-electron chi connectivity index (χ4n) is 3.44. The third-order valence-corrected chi connectivity index (χ3v) is 6.33. The molecule has 2 aromatic carbocycles. The maximum atomic E-state index is 13.2. The smallest absolute Gasteiger partial charge is 0.237 e. The fourth-order valence-corrected chi connectivity index (χ4v) is 4.60. The van der Waals surface area contributed by atoms with Crippen LogP contribution in [0.2, 0.25) is 0 Å². The largest absolute Gasteiger partial charge is 0.333 e. The van der Waals surface area contributed by atoms with Crippen LogP contribution in [0.15, 0.2) is 59.5 Å². The number of hydrogen-bond acceptors (Lipinski definition) is 3. The summed E-state index contributed by atoms with van der Waals surface area (Å²) in [6.07, 6.45) is 0.909. The highest BCUT2D eigenvalue weighted by atomic mass is 32.2. The zero-order valence-corrected chi connectivity index (χ0v) is 16.5. The second kappa shape index (κ2) is 9.24. The van der Waals surface area contributed by atoms with Crippen molar-refractivity contribution in [2.45, 2.75) is 37.8 Å². The molecule has 3 nitrogen and oxygen atoms in total. The van der Waals surface area contributed by atoms with Gasteiger partial charge in [-0.2, -0.15) is 0 Å². The Bertz CT molecular complexity index is 715. The molecular weight excluding hydrogens is 340 g/mol. The molecule has 3 rings (SSSR count). The molecular formula is C22H28N2OS. The summed E-state index contributed by atoms with van der Waals surface area (Å²) in [4.78, 5) is 18.8. The molecule has 0 aliphatic carbocycles. The van der Waals surface area contributed by atoms with Crippen molar-refractivity contribution in [3.63, 3.8) is 0 Å². The van der Waals surface area contributed by atoms with Crippen LogP contribution in [0.25, 0.3) is 0 Å². The van der Waals surface area contributed by atoms with Crippen LogP contribution >= 0.6 is 11.8 Å². The van der Waals surface area contributed by atoms with E-state index in [1.54, 1.807) is 0 Å². The summed E-state index contributed by atoms with van der Waals surface area (Å²) >= 11 is 1.88. The number of carbonyl (C=O) groups excluding carboxylic acids is 1. The molecule has 1 aliphatic rings. The zero-order chi connectivity index (χ0) is 18.4. The molecule has 0 aromatic heterocycles. The van der Waals surface area contributed by atoms with E-state index >= 15 is 0 Å². The van der Waals surface area contributed by atoms with E-state index in [4.69, 9.17) is 0 Å². The van der Waals surface area contributed by atoms with Crippen LogP contribution in [0.3, 0.4) is 0 Å². The highest BCUT2D eigenvalue weighted by Crippen LogP contribution is 2.31. The number of carbonyl (C=O) groups is 1. The van der Waals surface area contributed by atoms with Gasteiger partial charge in [-0.3, -0.25) is 9.69 Å². The van der Waals surface area contributed by atoms with Gasteiger partial charge >= 0.3 is 0 Å². The van der Waals surface area contributed by atoms with Crippen LogP contribution in [0.5, 0.6) is 0 Å². The minimum Gasteiger partial charge on any atom is -0.333 e. The van der Waals surface area contributed by atoms with Gasteiger partial charge in [-0.15, -0.1) is 11.8 Å². The molecule has 138 valence electrons. The van der Waals surface area contributed by atoms with E-state index in [-0.39, 0.29) is 11.9 Å². The monoisotopic (exact) mass is 368 g/mol. The van der Waals surface area contributed by atoms with E-state index in [0.717, 1.165) is 25.3 Å². The first-order valence-electron chi connectivity index (χ1n) is 9.47. The predicted molar refractivity (Wildman–Crippen MR) is 109 cm³/mol. The first kappa shape index (κ1) is 19.0. The van der Waals surface area contributed by atoms with Crippen LogP contribution in [0.4, 0.5) is 0 Å². The second-order valence-corrected chi connectivity index (χ2v) is 7.81. The zero-order valence-electron chi connectivity index (χ0n) is 15.7. The van der Waals surface area contributed by atoms with Crippen LogP contribution in [-0.2, 0) is 17.8 Å².